The molecule has 0 radical (unpaired) electrons. The molecule has 1 amide bonds. The second-order valence-electron chi connectivity index (χ2n) is 4.52. The van der Waals surface area contributed by atoms with Crippen molar-refractivity contribution in [3.8, 4) is 16.9 Å². The van der Waals surface area contributed by atoms with E-state index < -0.39 is 5.82 Å². The summed E-state index contributed by atoms with van der Waals surface area (Å²) < 4.78 is 14.1. The summed E-state index contributed by atoms with van der Waals surface area (Å²) in [6, 6.07) is 9.45. The van der Waals surface area contributed by atoms with E-state index in [1.165, 1.54) is 0 Å². The molecule has 2 rings (SSSR count). The summed E-state index contributed by atoms with van der Waals surface area (Å²) in [5.74, 6) is -0.889. The molecule has 0 aromatic heterocycles. The van der Waals surface area contributed by atoms with Gasteiger partial charge in [-0.25, -0.2) is 4.39 Å². The SMILES string of the molecule is CCNC(=O)c1ccccc1-c1cc(C)c(O)cc1F. The zero-order chi connectivity index (χ0) is 14.7. The van der Waals surface area contributed by atoms with Gasteiger partial charge < -0.3 is 10.4 Å². The first-order valence-electron chi connectivity index (χ1n) is 6.41. The van der Waals surface area contributed by atoms with E-state index in [0.29, 0.717) is 28.8 Å². The molecule has 0 unspecified atom stereocenters. The van der Waals surface area contributed by atoms with Crippen LogP contribution in [0.3, 0.4) is 0 Å². The minimum Gasteiger partial charge on any atom is -0.508 e. The van der Waals surface area contributed by atoms with Gasteiger partial charge in [0.05, 0.1) is 0 Å². The van der Waals surface area contributed by atoms with Crippen molar-refractivity contribution >= 4 is 5.91 Å². The smallest absolute Gasteiger partial charge is 0.251 e. The number of rotatable bonds is 3. The van der Waals surface area contributed by atoms with Crippen LogP contribution in [0.4, 0.5) is 4.39 Å². The van der Waals surface area contributed by atoms with E-state index in [4.69, 9.17) is 0 Å². The maximum Gasteiger partial charge on any atom is 0.251 e. The lowest BCUT2D eigenvalue weighted by Gasteiger charge is -2.11. The summed E-state index contributed by atoms with van der Waals surface area (Å²) >= 11 is 0. The van der Waals surface area contributed by atoms with E-state index in [1.807, 2.05) is 6.92 Å². The average molecular weight is 273 g/mol. The van der Waals surface area contributed by atoms with Gasteiger partial charge >= 0.3 is 0 Å². The second-order valence-corrected chi connectivity index (χ2v) is 4.52. The molecule has 2 aromatic rings. The van der Waals surface area contributed by atoms with E-state index >= 15 is 0 Å². The summed E-state index contributed by atoms with van der Waals surface area (Å²) in [7, 11) is 0. The minimum absolute atomic E-state index is 0.0956. The molecule has 2 aromatic carbocycles. The lowest BCUT2D eigenvalue weighted by molar-refractivity contribution is 0.0956. The van der Waals surface area contributed by atoms with E-state index in [9.17, 15) is 14.3 Å². The molecule has 0 aliphatic rings. The molecule has 0 bridgehead atoms. The predicted molar refractivity (Wildman–Crippen MR) is 76.2 cm³/mol. The van der Waals surface area contributed by atoms with Crippen molar-refractivity contribution in [3.63, 3.8) is 0 Å². The van der Waals surface area contributed by atoms with Gasteiger partial charge in [0, 0.05) is 23.7 Å². The third-order valence-electron chi connectivity index (χ3n) is 3.08. The van der Waals surface area contributed by atoms with Crippen molar-refractivity contribution in [2.75, 3.05) is 6.54 Å². The van der Waals surface area contributed by atoms with Crippen LogP contribution in [-0.4, -0.2) is 17.6 Å². The van der Waals surface area contributed by atoms with Crippen molar-refractivity contribution < 1.29 is 14.3 Å². The summed E-state index contributed by atoms with van der Waals surface area (Å²) in [5, 5.41) is 12.2. The third kappa shape index (κ3) is 2.64. The number of nitrogens with one attached hydrogen (secondary N) is 1. The highest BCUT2D eigenvalue weighted by molar-refractivity contribution is 6.01. The first kappa shape index (κ1) is 14.1. The lowest BCUT2D eigenvalue weighted by Crippen LogP contribution is -2.23. The fourth-order valence-corrected chi connectivity index (χ4v) is 2.05. The molecular weight excluding hydrogens is 257 g/mol. The topological polar surface area (TPSA) is 49.3 Å². The Balaban J connectivity index is 2.59. The number of carbonyl (C=O) groups is 1. The van der Waals surface area contributed by atoms with Crippen LogP contribution in [0.5, 0.6) is 5.75 Å². The van der Waals surface area contributed by atoms with Crippen LogP contribution in [0.1, 0.15) is 22.8 Å². The quantitative estimate of drug-likeness (QED) is 0.901. The number of hydrogen-bond donors (Lipinski definition) is 2. The van der Waals surface area contributed by atoms with E-state index in [2.05, 4.69) is 5.32 Å². The second kappa shape index (κ2) is 5.74. The van der Waals surface area contributed by atoms with Gasteiger partial charge in [0.2, 0.25) is 0 Å². The monoisotopic (exact) mass is 273 g/mol. The zero-order valence-corrected chi connectivity index (χ0v) is 11.4. The van der Waals surface area contributed by atoms with Crippen LogP contribution in [0.2, 0.25) is 0 Å². The Morgan fingerprint density at radius 2 is 1.95 bits per heavy atom. The van der Waals surface area contributed by atoms with E-state index in [-0.39, 0.29) is 11.7 Å². The number of aromatic hydroxyl groups is 1. The fraction of sp³-hybridized carbons (Fsp3) is 0.188. The number of aryl methyl sites for hydroxylation is 1. The third-order valence-corrected chi connectivity index (χ3v) is 3.08. The van der Waals surface area contributed by atoms with Gasteiger partial charge in [0.1, 0.15) is 11.6 Å². The Bertz CT molecular complexity index is 653. The van der Waals surface area contributed by atoms with Crippen LogP contribution in [0.25, 0.3) is 11.1 Å². The number of amides is 1. The Kier molecular flexibility index (Phi) is 4.03. The maximum atomic E-state index is 14.1. The number of hydrogen-bond acceptors (Lipinski definition) is 2. The van der Waals surface area contributed by atoms with Gasteiger partial charge in [-0.1, -0.05) is 18.2 Å². The normalized spacial score (nSPS) is 10.3. The van der Waals surface area contributed by atoms with E-state index in [0.717, 1.165) is 6.07 Å². The van der Waals surface area contributed by atoms with Crippen molar-refractivity contribution in [1.82, 2.24) is 5.32 Å². The number of phenols is 1. The Morgan fingerprint density at radius 3 is 2.65 bits per heavy atom. The van der Waals surface area contributed by atoms with Crippen molar-refractivity contribution in [2.24, 2.45) is 0 Å². The van der Waals surface area contributed by atoms with Gasteiger partial charge in [-0.15, -0.1) is 0 Å². The van der Waals surface area contributed by atoms with Crippen molar-refractivity contribution in [1.29, 1.82) is 0 Å². The number of phenolic OH excluding ortho intramolecular Hbond substituents is 1. The summed E-state index contributed by atoms with van der Waals surface area (Å²) in [6.07, 6.45) is 0. The van der Waals surface area contributed by atoms with Gasteiger partial charge in [-0.05, 0) is 37.1 Å². The highest BCUT2D eigenvalue weighted by Gasteiger charge is 2.15. The molecule has 0 atom stereocenters. The number of halogens is 1. The number of benzene rings is 2. The molecule has 3 nitrogen and oxygen atoms in total. The molecule has 4 heteroatoms. The Labute approximate surface area is 117 Å². The highest BCUT2D eigenvalue weighted by atomic mass is 19.1. The number of carbonyl (C=O) groups excluding carboxylic acids is 1. The maximum absolute atomic E-state index is 14.1. The van der Waals surface area contributed by atoms with Gasteiger partial charge in [0.25, 0.3) is 5.91 Å². The molecule has 0 fully saturated rings. The molecule has 0 aliphatic heterocycles. The van der Waals surface area contributed by atoms with Gasteiger partial charge in [0.15, 0.2) is 0 Å². The Morgan fingerprint density at radius 1 is 1.25 bits per heavy atom. The van der Waals surface area contributed by atoms with Crippen LogP contribution >= 0.6 is 0 Å². The molecule has 2 N–H and O–H groups in total. The molecule has 104 valence electrons. The first-order chi connectivity index (χ1) is 9.54. The average Bonchev–Trinajstić information content (AvgIpc) is 2.43. The molecule has 0 spiro atoms. The lowest BCUT2D eigenvalue weighted by atomic mass is 9.97. The highest BCUT2D eigenvalue weighted by Crippen LogP contribution is 2.31. The largest absolute Gasteiger partial charge is 0.508 e. The zero-order valence-electron chi connectivity index (χ0n) is 11.4. The van der Waals surface area contributed by atoms with Gasteiger partial charge in [-0.2, -0.15) is 0 Å². The fourth-order valence-electron chi connectivity index (χ4n) is 2.05. The van der Waals surface area contributed by atoms with Crippen molar-refractivity contribution in [3.05, 3.63) is 53.3 Å². The minimum atomic E-state index is -0.551. The molecule has 0 aliphatic carbocycles. The summed E-state index contributed by atoms with van der Waals surface area (Å²) in [6.45, 7) is 4.02. The first-order valence-corrected chi connectivity index (χ1v) is 6.41. The van der Waals surface area contributed by atoms with Crippen molar-refractivity contribution in [2.45, 2.75) is 13.8 Å². The summed E-state index contributed by atoms with van der Waals surface area (Å²) in [4.78, 5) is 12.0. The molecular formula is C16H16FNO2. The Hall–Kier alpha value is -2.36. The van der Waals surface area contributed by atoms with Crippen LogP contribution in [-0.2, 0) is 0 Å². The molecule has 0 heterocycles. The predicted octanol–water partition coefficient (Wildman–Crippen LogP) is 3.26. The molecule has 20 heavy (non-hydrogen) atoms. The molecule has 0 saturated heterocycles. The summed E-state index contributed by atoms with van der Waals surface area (Å²) in [5.41, 5.74) is 1.80. The standard InChI is InChI=1S/C16H16FNO2/c1-3-18-16(20)12-7-5-4-6-11(12)13-8-10(2)15(19)9-14(13)17/h4-9,19H,3H2,1-2H3,(H,18,20). The van der Waals surface area contributed by atoms with E-state index in [1.54, 1.807) is 37.3 Å². The van der Waals surface area contributed by atoms with Gasteiger partial charge in [-0.3, -0.25) is 4.79 Å². The van der Waals surface area contributed by atoms with Crippen LogP contribution in [0, 0.1) is 12.7 Å². The van der Waals surface area contributed by atoms with Crippen LogP contribution < -0.4 is 5.32 Å². The molecule has 0 saturated carbocycles. The van der Waals surface area contributed by atoms with Crippen LogP contribution in [0.15, 0.2) is 36.4 Å².